The molecule has 2 rings (SSSR count). The number of hydroxylamine groups is 1. The van der Waals surface area contributed by atoms with Gasteiger partial charge < -0.3 is 9.67 Å². The molecule has 1 fully saturated rings. The summed E-state index contributed by atoms with van der Waals surface area (Å²) in [7, 11) is -4.02. The van der Waals surface area contributed by atoms with Crippen LogP contribution in [0.3, 0.4) is 0 Å². The average Bonchev–Trinajstić information content (AvgIpc) is 2.96. The number of aromatic carboxylic acids is 1. The van der Waals surface area contributed by atoms with Crippen molar-refractivity contribution in [3.63, 3.8) is 0 Å². The van der Waals surface area contributed by atoms with E-state index in [0.717, 1.165) is 6.07 Å². The molecule has 0 unspecified atom stereocenters. The molecule has 1 atom stereocenters. The summed E-state index contributed by atoms with van der Waals surface area (Å²) < 4.78 is 27.9. The first-order chi connectivity index (χ1) is 9.72. The smallest absolute Gasteiger partial charge is 0.352 e. The van der Waals surface area contributed by atoms with Crippen molar-refractivity contribution in [3.8, 4) is 0 Å². The van der Waals surface area contributed by atoms with Crippen LogP contribution < -0.4 is 10.2 Å². The lowest BCUT2D eigenvalue weighted by Gasteiger charge is -2.10. The van der Waals surface area contributed by atoms with Gasteiger partial charge in [0.2, 0.25) is 10.0 Å². The van der Waals surface area contributed by atoms with E-state index in [-0.39, 0.29) is 23.2 Å². The van der Waals surface area contributed by atoms with E-state index >= 15 is 0 Å². The molecule has 0 aromatic carbocycles. The van der Waals surface area contributed by atoms with Crippen LogP contribution in [0.15, 0.2) is 17.2 Å². The zero-order chi connectivity index (χ0) is 15.8. The van der Waals surface area contributed by atoms with Gasteiger partial charge in [-0.1, -0.05) is 0 Å². The van der Waals surface area contributed by atoms with Crippen LogP contribution in [0.1, 0.15) is 30.4 Å². The molecule has 1 aromatic heterocycles. The highest BCUT2D eigenvalue weighted by atomic mass is 32.2. The topological polar surface area (TPSA) is 127 Å². The van der Waals surface area contributed by atoms with E-state index < -0.39 is 27.9 Å². The molecule has 0 bridgehead atoms. The van der Waals surface area contributed by atoms with Crippen molar-refractivity contribution in [2.45, 2.75) is 30.8 Å². The van der Waals surface area contributed by atoms with Gasteiger partial charge in [-0.2, -0.15) is 4.72 Å². The lowest BCUT2D eigenvalue weighted by Crippen LogP contribution is -2.41. The van der Waals surface area contributed by atoms with Crippen molar-refractivity contribution in [1.29, 1.82) is 0 Å². The Bertz CT molecular complexity index is 678. The molecule has 1 saturated heterocycles. The third-order valence-electron chi connectivity index (χ3n) is 2.95. The summed E-state index contributed by atoms with van der Waals surface area (Å²) >= 11 is 0. The van der Waals surface area contributed by atoms with Gasteiger partial charge in [-0.3, -0.25) is 9.63 Å². The fourth-order valence-electron chi connectivity index (χ4n) is 1.89. The van der Waals surface area contributed by atoms with Crippen molar-refractivity contribution < 1.29 is 28.0 Å². The van der Waals surface area contributed by atoms with Gasteiger partial charge in [0.15, 0.2) is 0 Å². The number of carbonyl (C=O) groups excluding carboxylic acids is 1. The number of sulfonamides is 1. The molecule has 2 heterocycles. The SMILES string of the molecule is CC(C)n1cc(S(=O)(=O)N[C@@H]2CONC2=O)cc1C(=O)O. The number of carboxylic acids is 1. The highest BCUT2D eigenvalue weighted by Gasteiger charge is 2.32. The van der Waals surface area contributed by atoms with E-state index in [9.17, 15) is 18.0 Å². The standard InChI is InChI=1S/C11H15N3O6S/c1-6(2)14-4-7(3-9(14)11(16)17)21(18,19)13-8-5-20-12-10(8)15/h3-4,6,8,13H,5H2,1-2H3,(H,12,15)(H,16,17)/t8-/m1/s1. The number of nitrogens with zero attached hydrogens (tertiary/aromatic N) is 1. The number of amides is 1. The normalized spacial score (nSPS) is 19.0. The third-order valence-corrected chi connectivity index (χ3v) is 4.38. The Balaban J connectivity index is 2.34. The first-order valence-electron chi connectivity index (χ1n) is 6.11. The summed E-state index contributed by atoms with van der Waals surface area (Å²) in [5.74, 6) is -1.83. The molecule has 1 aliphatic rings. The van der Waals surface area contributed by atoms with E-state index in [0.29, 0.717) is 0 Å². The van der Waals surface area contributed by atoms with Gasteiger partial charge in [0, 0.05) is 12.2 Å². The third kappa shape index (κ3) is 3.06. The van der Waals surface area contributed by atoms with Gasteiger partial charge in [0.25, 0.3) is 5.91 Å². The Morgan fingerprint density at radius 3 is 2.67 bits per heavy atom. The van der Waals surface area contributed by atoms with Crippen molar-refractivity contribution in [2.75, 3.05) is 6.61 Å². The summed E-state index contributed by atoms with van der Waals surface area (Å²) in [6, 6.07) is -0.206. The van der Waals surface area contributed by atoms with Crippen molar-refractivity contribution in [1.82, 2.24) is 14.8 Å². The van der Waals surface area contributed by atoms with E-state index in [1.54, 1.807) is 13.8 Å². The number of hydrogen-bond donors (Lipinski definition) is 3. The monoisotopic (exact) mass is 317 g/mol. The van der Waals surface area contributed by atoms with Gasteiger partial charge >= 0.3 is 5.97 Å². The predicted molar refractivity (Wildman–Crippen MR) is 70.0 cm³/mol. The lowest BCUT2D eigenvalue weighted by atomic mass is 10.3. The van der Waals surface area contributed by atoms with Crippen LogP contribution in [-0.4, -0.2) is 42.6 Å². The fraction of sp³-hybridized carbons (Fsp3) is 0.455. The first-order valence-corrected chi connectivity index (χ1v) is 7.60. The van der Waals surface area contributed by atoms with E-state index in [1.807, 2.05) is 5.48 Å². The second-order valence-corrected chi connectivity index (χ2v) is 6.53. The molecule has 3 N–H and O–H groups in total. The zero-order valence-corrected chi connectivity index (χ0v) is 12.2. The molecule has 0 spiro atoms. The molecule has 0 saturated carbocycles. The number of aromatic nitrogens is 1. The average molecular weight is 317 g/mol. The molecule has 9 nitrogen and oxygen atoms in total. The van der Waals surface area contributed by atoms with Gasteiger partial charge in [-0.25, -0.2) is 18.7 Å². The van der Waals surface area contributed by atoms with Crippen LogP contribution in [-0.2, 0) is 19.7 Å². The molecule has 10 heteroatoms. The minimum atomic E-state index is -4.02. The maximum atomic E-state index is 12.2. The second-order valence-electron chi connectivity index (χ2n) is 4.82. The Labute approximate surface area is 120 Å². The number of nitrogens with one attached hydrogen (secondary N) is 2. The summed E-state index contributed by atoms with van der Waals surface area (Å²) in [6.07, 6.45) is 1.23. The van der Waals surface area contributed by atoms with Crippen LogP contribution in [0.5, 0.6) is 0 Å². The highest BCUT2D eigenvalue weighted by molar-refractivity contribution is 7.89. The molecule has 0 radical (unpaired) electrons. The summed E-state index contributed by atoms with van der Waals surface area (Å²) in [4.78, 5) is 26.9. The van der Waals surface area contributed by atoms with Crippen LogP contribution >= 0.6 is 0 Å². The molecule has 1 amide bonds. The summed E-state index contributed by atoms with van der Waals surface area (Å²) in [6.45, 7) is 3.33. The number of rotatable bonds is 5. The first kappa shape index (κ1) is 15.5. The summed E-state index contributed by atoms with van der Waals surface area (Å²) in [5.41, 5.74) is 1.89. The minimum Gasteiger partial charge on any atom is -0.477 e. The van der Waals surface area contributed by atoms with E-state index in [1.165, 1.54) is 10.8 Å². The van der Waals surface area contributed by atoms with Crippen LogP contribution in [0.2, 0.25) is 0 Å². The lowest BCUT2D eigenvalue weighted by molar-refractivity contribution is -0.124. The maximum Gasteiger partial charge on any atom is 0.352 e. The van der Waals surface area contributed by atoms with Gasteiger partial charge in [-0.15, -0.1) is 0 Å². The van der Waals surface area contributed by atoms with Gasteiger partial charge in [0.05, 0.1) is 0 Å². The molecular weight excluding hydrogens is 302 g/mol. The number of carboxylic acid groups (broad SMARTS) is 1. The van der Waals surface area contributed by atoms with Crippen LogP contribution in [0.25, 0.3) is 0 Å². The van der Waals surface area contributed by atoms with Crippen molar-refractivity contribution in [3.05, 3.63) is 18.0 Å². The highest BCUT2D eigenvalue weighted by Crippen LogP contribution is 2.19. The predicted octanol–water partition coefficient (Wildman–Crippen LogP) is -0.524. The summed E-state index contributed by atoms with van der Waals surface area (Å²) in [5, 5.41) is 9.10. The molecule has 0 aliphatic carbocycles. The second kappa shape index (κ2) is 5.47. The van der Waals surface area contributed by atoms with Crippen molar-refractivity contribution in [2.24, 2.45) is 0 Å². The molecule has 1 aliphatic heterocycles. The number of carbonyl (C=O) groups is 2. The Morgan fingerprint density at radius 2 is 2.24 bits per heavy atom. The quantitative estimate of drug-likeness (QED) is 0.670. The number of hydrogen-bond acceptors (Lipinski definition) is 5. The van der Waals surface area contributed by atoms with Gasteiger partial charge in [0.1, 0.15) is 23.2 Å². The zero-order valence-electron chi connectivity index (χ0n) is 11.4. The minimum absolute atomic E-state index is 0.130. The van der Waals surface area contributed by atoms with Crippen LogP contribution in [0, 0.1) is 0 Å². The molecular formula is C11H15N3O6S. The van der Waals surface area contributed by atoms with E-state index in [2.05, 4.69) is 9.56 Å². The van der Waals surface area contributed by atoms with Crippen LogP contribution in [0.4, 0.5) is 0 Å². The Kier molecular flexibility index (Phi) is 4.03. The largest absolute Gasteiger partial charge is 0.477 e. The molecule has 1 aromatic rings. The Hall–Kier alpha value is -1.91. The van der Waals surface area contributed by atoms with E-state index in [4.69, 9.17) is 5.11 Å². The molecule has 116 valence electrons. The maximum absolute atomic E-state index is 12.2. The van der Waals surface area contributed by atoms with Crippen molar-refractivity contribution >= 4 is 21.9 Å². The fourth-order valence-corrected chi connectivity index (χ4v) is 3.09. The molecule has 21 heavy (non-hydrogen) atoms. The van der Waals surface area contributed by atoms with Gasteiger partial charge in [-0.05, 0) is 19.9 Å². The Morgan fingerprint density at radius 1 is 1.57 bits per heavy atom.